The third kappa shape index (κ3) is 4.19. The fraction of sp³-hybridized carbons (Fsp3) is 0.238. The van der Waals surface area contributed by atoms with E-state index in [1.807, 2.05) is 30.3 Å². The molecule has 0 amide bonds. The van der Waals surface area contributed by atoms with Gasteiger partial charge in [-0.2, -0.15) is 0 Å². The van der Waals surface area contributed by atoms with Crippen LogP contribution in [0.25, 0.3) is 11.1 Å². The molecule has 6 heteroatoms. The standard InChI is InChI=1S/C21H20ClFN4/c22-16-4-2-15(3-5-16)19-7-6-18(14-20(19)23)26-17-8-12-27(13-9-17)21-24-10-1-11-25-21/h1-7,10-11,14,17,26H,8-9,12-13H2. The van der Waals surface area contributed by atoms with Gasteiger partial charge in [0.15, 0.2) is 0 Å². The monoisotopic (exact) mass is 382 g/mol. The molecule has 0 saturated carbocycles. The maximum absolute atomic E-state index is 14.6. The Morgan fingerprint density at radius 1 is 1.00 bits per heavy atom. The molecule has 1 N–H and O–H groups in total. The Hall–Kier alpha value is -2.66. The Kier molecular flexibility index (Phi) is 5.21. The first-order valence-corrected chi connectivity index (χ1v) is 9.41. The Morgan fingerprint density at radius 2 is 1.70 bits per heavy atom. The van der Waals surface area contributed by atoms with Crippen molar-refractivity contribution >= 4 is 23.2 Å². The zero-order valence-corrected chi connectivity index (χ0v) is 15.5. The van der Waals surface area contributed by atoms with Crippen molar-refractivity contribution in [3.63, 3.8) is 0 Å². The Labute approximate surface area is 163 Å². The summed E-state index contributed by atoms with van der Waals surface area (Å²) in [6.07, 6.45) is 5.44. The molecule has 0 spiro atoms. The van der Waals surface area contributed by atoms with Crippen molar-refractivity contribution in [2.24, 2.45) is 0 Å². The molecule has 1 aliphatic heterocycles. The Bertz CT molecular complexity index is 894. The molecule has 2 heterocycles. The molecule has 4 rings (SSSR count). The summed E-state index contributed by atoms with van der Waals surface area (Å²) in [4.78, 5) is 10.8. The van der Waals surface area contributed by atoms with Gasteiger partial charge in [-0.05, 0) is 54.8 Å². The second kappa shape index (κ2) is 7.92. The zero-order chi connectivity index (χ0) is 18.6. The first-order valence-electron chi connectivity index (χ1n) is 9.03. The number of anilines is 2. The van der Waals surface area contributed by atoms with Crippen LogP contribution >= 0.6 is 11.6 Å². The normalized spacial score (nSPS) is 15.0. The van der Waals surface area contributed by atoms with Crippen LogP contribution in [0.4, 0.5) is 16.0 Å². The lowest BCUT2D eigenvalue weighted by atomic mass is 10.0. The number of hydrogen-bond acceptors (Lipinski definition) is 4. The summed E-state index contributed by atoms with van der Waals surface area (Å²) in [6, 6.07) is 14.6. The van der Waals surface area contributed by atoms with Crippen molar-refractivity contribution in [1.29, 1.82) is 0 Å². The van der Waals surface area contributed by atoms with Crippen molar-refractivity contribution in [1.82, 2.24) is 9.97 Å². The summed E-state index contributed by atoms with van der Waals surface area (Å²) in [5, 5.41) is 4.10. The number of piperidine rings is 1. The predicted molar refractivity (Wildman–Crippen MR) is 108 cm³/mol. The molecule has 1 fully saturated rings. The number of aromatic nitrogens is 2. The first-order chi connectivity index (χ1) is 13.2. The van der Waals surface area contributed by atoms with Gasteiger partial charge in [0.2, 0.25) is 5.95 Å². The molecule has 0 radical (unpaired) electrons. The summed E-state index contributed by atoms with van der Waals surface area (Å²) < 4.78 is 14.6. The summed E-state index contributed by atoms with van der Waals surface area (Å²) in [7, 11) is 0. The lowest BCUT2D eigenvalue weighted by Gasteiger charge is -2.32. The minimum Gasteiger partial charge on any atom is -0.382 e. The van der Waals surface area contributed by atoms with E-state index in [4.69, 9.17) is 11.6 Å². The van der Waals surface area contributed by atoms with E-state index in [-0.39, 0.29) is 5.82 Å². The van der Waals surface area contributed by atoms with Gasteiger partial charge in [-0.25, -0.2) is 14.4 Å². The quantitative estimate of drug-likeness (QED) is 0.688. The molecule has 2 aromatic carbocycles. The van der Waals surface area contributed by atoms with E-state index in [1.165, 1.54) is 0 Å². The van der Waals surface area contributed by atoms with Gasteiger partial charge in [0.05, 0.1) is 0 Å². The van der Waals surface area contributed by atoms with Gasteiger partial charge < -0.3 is 10.2 Å². The molecule has 1 aromatic heterocycles. The second-order valence-electron chi connectivity index (χ2n) is 6.66. The van der Waals surface area contributed by atoms with Crippen LogP contribution in [0.3, 0.4) is 0 Å². The summed E-state index contributed by atoms with van der Waals surface area (Å²) in [6.45, 7) is 1.76. The van der Waals surface area contributed by atoms with E-state index in [2.05, 4.69) is 20.2 Å². The molecule has 27 heavy (non-hydrogen) atoms. The largest absolute Gasteiger partial charge is 0.382 e. The smallest absolute Gasteiger partial charge is 0.225 e. The number of nitrogens with one attached hydrogen (secondary N) is 1. The Balaban J connectivity index is 1.39. The van der Waals surface area contributed by atoms with Crippen LogP contribution in [0.2, 0.25) is 5.02 Å². The molecule has 138 valence electrons. The third-order valence-corrected chi connectivity index (χ3v) is 5.08. The van der Waals surface area contributed by atoms with Crippen molar-refractivity contribution in [2.45, 2.75) is 18.9 Å². The molecular weight excluding hydrogens is 363 g/mol. The van der Waals surface area contributed by atoms with Crippen LogP contribution in [0.1, 0.15) is 12.8 Å². The van der Waals surface area contributed by atoms with E-state index in [0.29, 0.717) is 16.6 Å². The third-order valence-electron chi connectivity index (χ3n) is 4.83. The lowest BCUT2D eigenvalue weighted by Crippen LogP contribution is -2.39. The molecule has 0 atom stereocenters. The highest BCUT2D eigenvalue weighted by Crippen LogP contribution is 2.27. The van der Waals surface area contributed by atoms with Crippen molar-refractivity contribution in [3.05, 3.63) is 71.8 Å². The molecule has 0 aliphatic carbocycles. The topological polar surface area (TPSA) is 41.0 Å². The van der Waals surface area contributed by atoms with Crippen LogP contribution in [0, 0.1) is 5.82 Å². The molecule has 1 saturated heterocycles. The molecule has 0 unspecified atom stereocenters. The summed E-state index contributed by atoms with van der Waals surface area (Å²) in [5.41, 5.74) is 2.20. The van der Waals surface area contributed by atoms with Gasteiger partial charge >= 0.3 is 0 Å². The van der Waals surface area contributed by atoms with E-state index in [0.717, 1.165) is 43.1 Å². The summed E-state index contributed by atoms with van der Waals surface area (Å²) >= 11 is 5.91. The minimum absolute atomic E-state index is 0.238. The average Bonchev–Trinajstić information content (AvgIpc) is 2.70. The highest BCUT2D eigenvalue weighted by molar-refractivity contribution is 6.30. The van der Waals surface area contributed by atoms with E-state index in [9.17, 15) is 4.39 Å². The lowest BCUT2D eigenvalue weighted by molar-refractivity contribution is 0.519. The average molecular weight is 383 g/mol. The zero-order valence-electron chi connectivity index (χ0n) is 14.8. The molecule has 1 aliphatic rings. The number of halogens is 2. The molecular formula is C21H20ClFN4. The molecule has 4 nitrogen and oxygen atoms in total. The van der Waals surface area contributed by atoms with Crippen LogP contribution < -0.4 is 10.2 Å². The number of hydrogen-bond donors (Lipinski definition) is 1. The van der Waals surface area contributed by atoms with Gasteiger partial charge in [0.25, 0.3) is 0 Å². The highest BCUT2D eigenvalue weighted by Gasteiger charge is 2.21. The van der Waals surface area contributed by atoms with Crippen LogP contribution in [0.5, 0.6) is 0 Å². The highest BCUT2D eigenvalue weighted by atomic mass is 35.5. The second-order valence-corrected chi connectivity index (χ2v) is 7.09. The SMILES string of the molecule is Fc1cc(NC2CCN(c3ncccn3)CC2)ccc1-c1ccc(Cl)cc1. The first kappa shape index (κ1) is 17.7. The van der Waals surface area contributed by atoms with Crippen LogP contribution in [0.15, 0.2) is 60.9 Å². The number of nitrogens with zero attached hydrogens (tertiary/aromatic N) is 3. The molecule has 3 aromatic rings. The van der Waals surface area contributed by atoms with E-state index in [1.54, 1.807) is 30.6 Å². The maximum atomic E-state index is 14.6. The number of rotatable bonds is 4. The fourth-order valence-corrected chi connectivity index (χ4v) is 3.51. The van der Waals surface area contributed by atoms with Crippen molar-refractivity contribution < 1.29 is 4.39 Å². The van der Waals surface area contributed by atoms with Crippen molar-refractivity contribution in [3.8, 4) is 11.1 Å². The van der Waals surface area contributed by atoms with E-state index < -0.39 is 0 Å². The van der Waals surface area contributed by atoms with Crippen LogP contribution in [-0.2, 0) is 0 Å². The Morgan fingerprint density at radius 3 is 2.37 bits per heavy atom. The van der Waals surface area contributed by atoms with E-state index >= 15 is 0 Å². The van der Waals surface area contributed by atoms with Crippen molar-refractivity contribution in [2.75, 3.05) is 23.3 Å². The van der Waals surface area contributed by atoms with Crippen LogP contribution in [-0.4, -0.2) is 29.1 Å². The maximum Gasteiger partial charge on any atom is 0.225 e. The fourth-order valence-electron chi connectivity index (χ4n) is 3.38. The van der Waals surface area contributed by atoms with Gasteiger partial charge in [-0.1, -0.05) is 23.7 Å². The summed E-state index contributed by atoms with van der Waals surface area (Å²) in [5.74, 6) is 0.534. The molecule has 0 bridgehead atoms. The van der Waals surface area contributed by atoms with Gasteiger partial charge in [-0.15, -0.1) is 0 Å². The minimum atomic E-state index is -0.238. The van der Waals surface area contributed by atoms with Gasteiger partial charge in [-0.3, -0.25) is 0 Å². The predicted octanol–water partition coefficient (Wildman–Crippen LogP) is 5.02. The number of benzene rings is 2. The van der Waals surface area contributed by atoms with Gasteiger partial charge in [0, 0.05) is 47.8 Å². The van der Waals surface area contributed by atoms with Gasteiger partial charge in [0.1, 0.15) is 5.82 Å².